The molecule has 0 aliphatic carbocycles. The third-order valence-corrected chi connectivity index (χ3v) is 3.05. The van der Waals surface area contributed by atoms with Gasteiger partial charge in [0.25, 0.3) is 0 Å². The molecule has 0 heterocycles. The molecule has 3 aromatic rings. The average Bonchev–Trinajstić information content (AvgIpc) is 2.56. The second kappa shape index (κ2) is 8.54. The van der Waals surface area contributed by atoms with Crippen LogP contribution in [0.15, 0.2) is 60.7 Å². The van der Waals surface area contributed by atoms with Crippen molar-refractivity contribution >= 4 is 22.1 Å². The number of phenolic OH excluding ortho intramolecular Hbond substituents is 1. The predicted molar refractivity (Wildman–Crippen MR) is 93.8 cm³/mol. The van der Waals surface area contributed by atoms with E-state index in [1.807, 2.05) is 67.6 Å². The molecule has 3 rings (SSSR count). The minimum Gasteiger partial charge on any atom is -0.505 e. The van der Waals surface area contributed by atoms with E-state index in [-0.39, 0.29) is 5.75 Å². The Balaban J connectivity index is 0.000000228. The number of rotatable bonds is 0. The summed E-state index contributed by atoms with van der Waals surface area (Å²) in [4.78, 5) is 0. The van der Waals surface area contributed by atoms with Gasteiger partial charge in [0, 0.05) is 18.2 Å². The fourth-order valence-corrected chi connectivity index (χ4v) is 1.96. The van der Waals surface area contributed by atoms with Gasteiger partial charge in [-0.3, -0.25) is 0 Å². The van der Waals surface area contributed by atoms with Crippen molar-refractivity contribution in [3.8, 4) is 5.75 Å². The Morgan fingerprint density at radius 1 is 0.818 bits per heavy atom. The molecule has 0 bridgehead atoms. The molecular formula is C18H22N2O2. The molecule has 4 nitrogen and oxygen atoms in total. The molecule has 0 aliphatic rings. The Labute approximate surface area is 130 Å². The van der Waals surface area contributed by atoms with Crippen LogP contribution in [0.2, 0.25) is 0 Å². The van der Waals surface area contributed by atoms with Crippen LogP contribution in [0, 0.1) is 6.92 Å². The quantitative estimate of drug-likeness (QED) is 0.378. The first-order valence-corrected chi connectivity index (χ1v) is 6.81. The highest BCUT2D eigenvalue weighted by molar-refractivity contribution is 5.96. The largest absolute Gasteiger partial charge is 0.505 e. The molecule has 0 fully saturated rings. The summed E-state index contributed by atoms with van der Waals surface area (Å²) in [5.74, 6) is 0.193. The van der Waals surface area contributed by atoms with Crippen LogP contribution in [0.1, 0.15) is 5.56 Å². The number of para-hydroxylation sites is 1. The van der Waals surface area contributed by atoms with Gasteiger partial charge in [-0.2, -0.15) is 0 Å². The van der Waals surface area contributed by atoms with Gasteiger partial charge in [-0.05, 0) is 36.1 Å². The summed E-state index contributed by atoms with van der Waals surface area (Å²) in [6.07, 6.45) is 0. The number of anilines is 2. The zero-order valence-corrected chi connectivity index (χ0v) is 12.8. The number of benzene rings is 3. The van der Waals surface area contributed by atoms with Crippen molar-refractivity contribution in [1.82, 2.24) is 0 Å². The van der Waals surface area contributed by atoms with E-state index in [1.165, 1.54) is 0 Å². The Bertz CT molecular complexity index is 713. The smallest absolute Gasteiger partial charge is 0.142 e. The number of nitrogen functional groups attached to an aromatic ring is 2. The molecular weight excluding hydrogens is 276 g/mol. The topological polar surface area (TPSA) is 92.5 Å². The molecule has 0 saturated carbocycles. The van der Waals surface area contributed by atoms with Crippen LogP contribution in [0.3, 0.4) is 0 Å². The molecule has 3 aromatic carbocycles. The lowest BCUT2D eigenvalue weighted by molar-refractivity contribution is 0.399. The number of hydrogen-bond donors (Lipinski definition) is 4. The number of phenols is 1. The van der Waals surface area contributed by atoms with Crippen molar-refractivity contribution < 1.29 is 10.2 Å². The summed E-state index contributed by atoms with van der Waals surface area (Å²) in [6, 6.07) is 19.2. The van der Waals surface area contributed by atoms with Crippen molar-refractivity contribution in [2.45, 2.75) is 6.92 Å². The summed E-state index contributed by atoms with van der Waals surface area (Å²) in [7, 11) is 1.00. The third kappa shape index (κ3) is 4.40. The van der Waals surface area contributed by atoms with E-state index in [2.05, 4.69) is 0 Å². The van der Waals surface area contributed by atoms with Crippen molar-refractivity contribution in [2.75, 3.05) is 18.6 Å². The van der Waals surface area contributed by atoms with Gasteiger partial charge in [0.2, 0.25) is 0 Å². The van der Waals surface area contributed by atoms with Gasteiger partial charge in [0.15, 0.2) is 0 Å². The highest BCUT2D eigenvalue weighted by Gasteiger charge is 2.05. The van der Waals surface area contributed by atoms with Crippen LogP contribution in [0.4, 0.5) is 11.4 Å². The Hall–Kier alpha value is -2.72. The lowest BCUT2D eigenvalue weighted by Gasteiger charge is -2.06. The van der Waals surface area contributed by atoms with Crippen LogP contribution >= 0.6 is 0 Å². The van der Waals surface area contributed by atoms with E-state index < -0.39 is 0 Å². The number of aliphatic hydroxyl groups is 1. The zero-order chi connectivity index (χ0) is 16.5. The summed E-state index contributed by atoms with van der Waals surface area (Å²) in [5.41, 5.74) is 13.2. The van der Waals surface area contributed by atoms with Crippen LogP contribution < -0.4 is 11.5 Å². The third-order valence-electron chi connectivity index (χ3n) is 3.05. The van der Waals surface area contributed by atoms with Gasteiger partial charge in [0.1, 0.15) is 5.75 Å². The average molecular weight is 298 g/mol. The molecule has 0 radical (unpaired) electrons. The number of aliphatic hydroxyl groups excluding tert-OH is 1. The van der Waals surface area contributed by atoms with Crippen molar-refractivity contribution in [2.24, 2.45) is 0 Å². The van der Waals surface area contributed by atoms with Gasteiger partial charge in [0.05, 0.1) is 5.69 Å². The van der Waals surface area contributed by atoms with Gasteiger partial charge >= 0.3 is 0 Å². The van der Waals surface area contributed by atoms with E-state index in [0.717, 1.165) is 29.1 Å². The number of nitrogens with two attached hydrogens (primary N) is 2. The number of hydrogen-bond acceptors (Lipinski definition) is 4. The minimum atomic E-state index is 0.193. The standard InChI is InChI=1S/C11H11NO.C6H7N.CH4O/c1-7-6-8-4-2-3-5-9(8)10(12)11(7)13;7-6-4-2-1-3-5-6;1-2/h2-6,13H,12H2,1H3;1-5H,7H2;2H,1H3. The molecule has 116 valence electrons. The fraction of sp³-hybridized carbons (Fsp3) is 0.111. The molecule has 0 amide bonds. The van der Waals surface area contributed by atoms with Crippen molar-refractivity contribution in [1.29, 1.82) is 0 Å². The lowest BCUT2D eigenvalue weighted by atomic mass is 10.0. The SMILES string of the molecule is CO.Cc1cc2ccccc2c(N)c1O.Nc1ccccc1. The Morgan fingerprint density at radius 3 is 1.91 bits per heavy atom. The first-order valence-electron chi connectivity index (χ1n) is 6.81. The van der Waals surface area contributed by atoms with Crippen molar-refractivity contribution in [3.63, 3.8) is 0 Å². The summed E-state index contributed by atoms with van der Waals surface area (Å²) in [5, 5.41) is 18.6. The normalized spacial score (nSPS) is 9.23. The zero-order valence-electron chi connectivity index (χ0n) is 12.8. The second-order valence-electron chi connectivity index (χ2n) is 4.59. The molecule has 0 aliphatic heterocycles. The van der Waals surface area contributed by atoms with Crippen LogP contribution in [-0.4, -0.2) is 17.3 Å². The minimum absolute atomic E-state index is 0.193. The van der Waals surface area contributed by atoms with Gasteiger partial charge < -0.3 is 21.7 Å². The van der Waals surface area contributed by atoms with E-state index in [9.17, 15) is 5.11 Å². The van der Waals surface area contributed by atoms with E-state index in [4.69, 9.17) is 16.6 Å². The maximum atomic E-state index is 9.58. The molecule has 4 heteroatoms. The van der Waals surface area contributed by atoms with Crippen molar-refractivity contribution in [3.05, 3.63) is 66.2 Å². The lowest BCUT2D eigenvalue weighted by Crippen LogP contribution is -1.89. The molecule has 0 spiro atoms. The van der Waals surface area contributed by atoms with E-state index in [1.54, 1.807) is 0 Å². The molecule has 22 heavy (non-hydrogen) atoms. The fourth-order valence-electron chi connectivity index (χ4n) is 1.96. The molecule has 0 aromatic heterocycles. The predicted octanol–water partition coefficient (Wildman–Crippen LogP) is 3.31. The van der Waals surface area contributed by atoms with Crippen LogP contribution in [0.25, 0.3) is 10.8 Å². The van der Waals surface area contributed by atoms with Gasteiger partial charge in [-0.15, -0.1) is 0 Å². The maximum Gasteiger partial charge on any atom is 0.142 e. The van der Waals surface area contributed by atoms with E-state index >= 15 is 0 Å². The number of aromatic hydroxyl groups is 1. The van der Waals surface area contributed by atoms with Gasteiger partial charge in [-0.25, -0.2) is 0 Å². The summed E-state index contributed by atoms with van der Waals surface area (Å²) < 4.78 is 0. The highest BCUT2D eigenvalue weighted by atomic mass is 16.3. The van der Waals surface area contributed by atoms with E-state index in [0.29, 0.717) is 5.69 Å². The number of fused-ring (bicyclic) bond motifs is 1. The summed E-state index contributed by atoms with van der Waals surface area (Å²) >= 11 is 0. The summed E-state index contributed by atoms with van der Waals surface area (Å²) in [6.45, 7) is 1.85. The highest BCUT2D eigenvalue weighted by Crippen LogP contribution is 2.32. The second-order valence-corrected chi connectivity index (χ2v) is 4.59. The maximum absolute atomic E-state index is 9.58. The Kier molecular flexibility index (Phi) is 6.73. The monoisotopic (exact) mass is 298 g/mol. The molecule has 0 atom stereocenters. The first kappa shape index (κ1) is 17.3. The van der Waals surface area contributed by atoms with Crippen LogP contribution in [-0.2, 0) is 0 Å². The number of aryl methyl sites for hydroxylation is 1. The molecule has 0 unspecified atom stereocenters. The van der Waals surface area contributed by atoms with Crippen LogP contribution in [0.5, 0.6) is 5.75 Å². The van der Waals surface area contributed by atoms with Gasteiger partial charge in [-0.1, -0.05) is 42.5 Å². The molecule has 6 N–H and O–H groups in total. The molecule has 0 saturated heterocycles. The Morgan fingerprint density at radius 2 is 1.36 bits per heavy atom. The first-order chi connectivity index (χ1) is 10.6.